The zero-order chi connectivity index (χ0) is 21.2. The SMILES string of the molecule is CCN(CC(=O)NCc1ccc(F)cc1)C(=O)CC(NC(C)=O)c1ccccc1. The zero-order valence-electron chi connectivity index (χ0n) is 16.7. The topological polar surface area (TPSA) is 78.5 Å². The number of nitrogens with one attached hydrogen (secondary N) is 2. The lowest BCUT2D eigenvalue weighted by Gasteiger charge is -2.24. The molecule has 1 atom stereocenters. The molecule has 0 spiro atoms. The van der Waals surface area contributed by atoms with Gasteiger partial charge in [0.2, 0.25) is 17.7 Å². The second-order valence-corrected chi connectivity index (χ2v) is 6.68. The van der Waals surface area contributed by atoms with Crippen molar-refractivity contribution in [2.45, 2.75) is 32.9 Å². The van der Waals surface area contributed by atoms with Crippen LogP contribution in [0.3, 0.4) is 0 Å². The summed E-state index contributed by atoms with van der Waals surface area (Å²) in [5.74, 6) is -1.10. The number of hydrogen-bond acceptors (Lipinski definition) is 3. The monoisotopic (exact) mass is 399 g/mol. The van der Waals surface area contributed by atoms with Gasteiger partial charge in [-0.25, -0.2) is 4.39 Å². The van der Waals surface area contributed by atoms with Crippen LogP contribution in [0.25, 0.3) is 0 Å². The normalized spacial score (nSPS) is 11.4. The number of benzene rings is 2. The minimum absolute atomic E-state index is 0.0582. The maximum Gasteiger partial charge on any atom is 0.239 e. The molecular weight excluding hydrogens is 373 g/mol. The summed E-state index contributed by atoms with van der Waals surface area (Å²) in [6, 6.07) is 14.6. The number of amides is 3. The fraction of sp³-hybridized carbons (Fsp3) is 0.318. The molecule has 154 valence electrons. The molecule has 0 saturated carbocycles. The Morgan fingerprint density at radius 1 is 1.03 bits per heavy atom. The standard InChI is InChI=1S/C22H26FN3O3/c1-3-26(15-21(28)24-14-17-9-11-19(23)12-10-17)22(29)13-20(25-16(2)27)18-7-5-4-6-8-18/h4-12,20H,3,13-15H2,1-2H3,(H,24,28)(H,25,27). The van der Waals surface area contributed by atoms with Crippen molar-refractivity contribution < 1.29 is 18.8 Å². The molecule has 0 aliphatic rings. The van der Waals surface area contributed by atoms with Crippen LogP contribution in [0.5, 0.6) is 0 Å². The maximum atomic E-state index is 12.9. The smallest absolute Gasteiger partial charge is 0.239 e. The van der Waals surface area contributed by atoms with Crippen LogP contribution in [0.15, 0.2) is 54.6 Å². The Morgan fingerprint density at radius 3 is 2.28 bits per heavy atom. The molecule has 0 aromatic heterocycles. The number of likely N-dealkylation sites (N-methyl/N-ethyl adjacent to an activating group) is 1. The molecule has 0 fully saturated rings. The third kappa shape index (κ3) is 7.37. The molecule has 29 heavy (non-hydrogen) atoms. The summed E-state index contributed by atoms with van der Waals surface area (Å²) in [4.78, 5) is 38.0. The van der Waals surface area contributed by atoms with E-state index in [1.54, 1.807) is 19.1 Å². The molecule has 1 unspecified atom stereocenters. The summed E-state index contributed by atoms with van der Waals surface area (Å²) in [5.41, 5.74) is 1.59. The Balaban J connectivity index is 1.94. The van der Waals surface area contributed by atoms with Gasteiger partial charge in [-0.3, -0.25) is 14.4 Å². The molecule has 0 saturated heterocycles. The fourth-order valence-corrected chi connectivity index (χ4v) is 2.90. The molecule has 2 aromatic carbocycles. The van der Waals surface area contributed by atoms with E-state index >= 15 is 0 Å². The van der Waals surface area contributed by atoms with Crippen molar-refractivity contribution in [3.8, 4) is 0 Å². The molecule has 7 heteroatoms. The first-order valence-corrected chi connectivity index (χ1v) is 9.50. The molecule has 3 amide bonds. The molecule has 2 aromatic rings. The lowest BCUT2D eigenvalue weighted by molar-refractivity contribution is -0.136. The average molecular weight is 399 g/mol. The molecule has 0 aliphatic heterocycles. The second kappa shape index (κ2) is 10.9. The third-order valence-corrected chi connectivity index (χ3v) is 4.43. The Bertz CT molecular complexity index is 825. The van der Waals surface area contributed by atoms with Crippen LogP contribution in [-0.4, -0.2) is 35.7 Å². The first-order chi connectivity index (χ1) is 13.9. The van der Waals surface area contributed by atoms with E-state index in [9.17, 15) is 18.8 Å². The van der Waals surface area contributed by atoms with Gasteiger partial charge < -0.3 is 15.5 Å². The second-order valence-electron chi connectivity index (χ2n) is 6.68. The maximum absolute atomic E-state index is 12.9. The Kier molecular flexibility index (Phi) is 8.33. The van der Waals surface area contributed by atoms with Crippen LogP contribution < -0.4 is 10.6 Å². The van der Waals surface area contributed by atoms with Gasteiger partial charge in [0.1, 0.15) is 5.82 Å². The minimum atomic E-state index is -0.461. The summed E-state index contributed by atoms with van der Waals surface area (Å²) in [7, 11) is 0. The van der Waals surface area contributed by atoms with E-state index in [1.807, 2.05) is 30.3 Å². The van der Waals surface area contributed by atoms with Crippen LogP contribution in [0.1, 0.15) is 37.4 Å². The van der Waals surface area contributed by atoms with Gasteiger partial charge in [-0.1, -0.05) is 42.5 Å². The van der Waals surface area contributed by atoms with Crippen molar-refractivity contribution in [3.05, 3.63) is 71.5 Å². The van der Waals surface area contributed by atoms with E-state index in [0.717, 1.165) is 11.1 Å². The van der Waals surface area contributed by atoms with Gasteiger partial charge >= 0.3 is 0 Å². The number of nitrogens with zero attached hydrogens (tertiary/aromatic N) is 1. The van der Waals surface area contributed by atoms with Crippen molar-refractivity contribution in [1.82, 2.24) is 15.5 Å². The van der Waals surface area contributed by atoms with Crippen LogP contribution in [0.4, 0.5) is 4.39 Å². The number of carbonyl (C=O) groups is 3. The van der Waals surface area contributed by atoms with Crippen molar-refractivity contribution in [3.63, 3.8) is 0 Å². The molecule has 2 N–H and O–H groups in total. The largest absolute Gasteiger partial charge is 0.350 e. The van der Waals surface area contributed by atoms with Crippen LogP contribution in [0, 0.1) is 5.82 Å². The number of carbonyl (C=O) groups excluding carboxylic acids is 3. The highest BCUT2D eigenvalue weighted by molar-refractivity contribution is 5.85. The summed E-state index contributed by atoms with van der Waals surface area (Å²) in [6.07, 6.45) is 0.0582. The van der Waals surface area contributed by atoms with E-state index in [-0.39, 0.29) is 43.0 Å². The Labute approximate surface area is 170 Å². The predicted octanol–water partition coefficient (Wildman–Crippen LogP) is 2.56. The van der Waals surface area contributed by atoms with Gasteiger partial charge in [-0.2, -0.15) is 0 Å². The van der Waals surface area contributed by atoms with Crippen molar-refractivity contribution in [2.24, 2.45) is 0 Å². The van der Waals surface area contributed by atoms with Crippen LogP contribution >= 0.6 is 0 Å². The van der Waals surface area contributed by atoms with Gasteiger partial charge in [0.15, 0.2) is 0 Å². The van der Waals surface area contributed by atoms with Gasteiger partial charge in [0.05, 0.1) is 19.0 Å². The van der Waals surface area contributed by atoms with Gasteiger partial charge in [0.25, 0.3) is 0 Å². The van der Waals surface area contributed by atoms with E-state index in [4.69, 9.17) is 0 Å². The molecule has 6 nitrogen and oxygen atoms in total. The Morgan fingerprint density at radius 2 is 1.69 bits per heavy atom. The highest BCUT2D eigenvalue weighted by atomic mass is 19.1. The lowest BCUT2D eigenvalue weighted by Crippen LogP contribution is -2.42. The highest BCUT2D eigenvalue weighted by Crippen LogP contribution is 2.18. The molecule has 0 radical (unpaired) electrons. The quantitative estimate of drug-likeness (QED) is 0.680. The number of halogens is 1. The van der Waals surface area contributed by atoms with E-state index < -0.39 is 6.04 Å². The summed E-state index contributed by atoms with van der Waals surface area (Å²) < 4.78 is 12.9. The number of rotatable bonds is 9. The molecule has 0 aliphatic carbocycles. The number of hydrogen-bond donors (Lipinski definition) is 2. The predicted molar refractivity (Wildman–Crippen MR) is 108 cm³/mol. The average Bonchev–Trinajstić information content (AvgIpc) is 2.71. The minimum Gasteiger partial charge on any atom is -0.350 e. The van der Waals surface area contributed by atoms with E-state index in [2.05, 4.69) is 10.6 Å². The molecule has 2 rings (SSSR count). The van der Waals surface area contributed by atoms with Crippen LogP contribution in [-0.2, 0) is 20.9 Å². The van der Waals surface area contributed by atoms with E-state index in [1.165, 1.54) is 24.0 Å². The summed E-state index contributed by atoms with van der Waals surface area (Å²) >= 11 is 0. The first kappa shape index (κ1) is 22.1. The molecular formula is C22H26FN3O3. The Hall–Kier alpha value is -3.22. The summed E-state index contributed by atoms with van der Waals surface area (Å²) in [6.45, 7) is 3.73. The van der Waals surface area contributed by atoms with Crippen molar-refractivity contribution in [1.29, 1.82) is 0 Å². The fourth-order valence-electron chi connectivity index (χ4n) is 2.90. The van der Waals surface area contributed by atoms with Crippen molar-refractivity contribution in [2.75, 3.05) is 13.1 Å². The lowest BCUT2D eigenvalue weighted by atomic mass is 10.0. The molecule has 0 bridgehead atoms. The van der Waals surface area contributed by atoms with Gasteiger partial charge in [-0.15, -0.1) is 0 Å². The highest BCUT2D eigenvalue weighted by Gasteiger charge is 2.22. The summed E-state index contributed by atoms with van der Waals surface area (Å²) in [5, 5.41) is 5.52. The third-order valence-electron chi connectivity index (χ3n) is 4.43. The van der Waals surface area contributed by atoms with Crippen LogP contribution in [0.2, 0.25) is 0 Å². The van der Waals surface area contributed by atoms with E-state index in [0.29, 0.717) is 6.54 Å². The first-order valence-electron chi connectivity index (χ1n) is 9.50. The van der Waals surface area contributed by atoms with Gasteiger partial charge in [0, 0.05) is 20.0 Å². The van der Waals surface area contributed by atoms with Crippen molar-refractivity contribution >= 4 is 17.7 Å². The molecule has 0 heterocycles. The zero-order valence-corrected chi connectivity index (χ0v) is 16.7. The van der Waals surface area contributed by atoms with Gasteiger partial charge in [-0.05, 0) is 30.2 Å².